The van der Waals surface area contributed by atoms with Gasteiger partial charge in [0, 0.05) is 54.4 Å². The fraction of sp³-hybridized carbons (Fsp3) is 0.324. The van der Waals surface area contributed by atoms with Gasteiger partial charge in [0.25, 0.3) is 0 Å². The lowest BCUT2D eigenvalue weighted by molar-refractivity contribution is -0.127. The second-order valence-corrected chi connectivity index (χ2v) is 11.0. The van der Waals surface area contributed by atoms with E-state index in [-0.39, 0.29) is 5.91 Å². The number of amidine groups is 1. The van der Waals surface area contributed by atoms with Crippen LogP contribution in [0.4, 0.5) is 5.69 Å². The third-order valence-electron chi connectivity index (χ3n) is 7.02. The number of nitrogens with zero attached hydrogens (tertiary/aromatic N) is 5. The average Bonchev–Trinajstić information content (AvgIpc) is 3.12. The molecule has 2 N–H and O–H groups in total. The molecule has 1 aliphatic heterocycles. The van der Waals surface area contributed by atoms with Crippen molar-refractivity contribution in [2.75, 3.05) is 20.1 Å². The first-order valence-electron chi connectivity index (χ1n) is 14.5. The fourth-order valence-corrected chi connectivity index (χ4v) is 5.34. The zero-order chi connectivity index (χ0) is 30.2. The smallest absolute Gasteiger partial charge is 0.250 e. The first-order valence-corrected chi connectivity index (χ1v) is 14.9. The van der Waals surface area contributed by atoms with E-state index in [1.54, 1.807) is 5.37 Å². The van der Waals surface area contributed by atoms with Gasteiger partial charge in [-0.3, -0.25) is 4.79 Å². The zero-order valence-corrected chi connectivity index (χ0v) is 26.0. The van der Waals surface area contributed by atoms with E-state index in [1.165, 1.54) is 0 Å². The number of aromatic nitrogens is 2. The van der Waals surface area contributed by atoms with E-state index >= 15 is 0 Å². The highest BCUT2D eigenvalue weighted by Crippen LogP contribution is 2.33. The minimum absolute atomic E-state index is 0.0371. The Bertz CT molecular complexity index is 1530. The Morgan fingerprint density at radius 2 is 1.64 bits per heavy atom. The van der Waals surface area contributed by atoms with Gasteiger partial charge in [0.1, 0.15) is 11.7 Å². The molecular formula is C34H40N6OS. The highest BCUT2D eigenvalue weighted by Gasteiger charge is 2.21. The predicted molar refractivity (Wildman–Crippen MR) is 178 cm³/mol. The highest BCUT2D eigenvalue weighted by atomic mass is 32.1. The summed E-state index contributed by atoms with van der Waals surface area (Å²) < 4.78 is 0. The normalized spacial score (nSPS) is 12.8. The molecule has 8 heteroatoms. The minimum Gasteiger partial charge on any atom is -0.387 e. The summed E-state index contributed by atoms with van der Waals surface area (Å²) in [7, 11) is 2.00. The topological polar surface area (TPSA) is 87.7 Å². The largest absolute Gasteiger partial charge is 0.387 e. The average molecular weight is 581 g/mol. The molecule has 0 saturated heterocycles. The van der Waals surface area contributed by atoms with Crippen LogP contribution >= 0.6 is 12.2 Å². The number of aliphatic imine (C=N–C) groups is 1. The molecule has 42 heavy (non-hydrogen) atoms. The van der Waals surface area contributed by atoms with Crippen molar-refractivity contribution in [1.82, 2.24) is 19.8 Å². The van der Waals surface area contributed by atoms with Gasteiger partial charge >= 0.3 is 0 Å². The molecule has 0 saturated carbocycles. The maximum atomic E-state index is 13.3. The molecular weight excluding hydrogens is 540 g/mol. The van der Waals surface area contributed by atoms with E-state index in [4.69, 9.17) is 22.9 Å². The van der Waals surface area contributed by atoms with Gasteiger partial charge in [-0.05, 0) is 85.5 Å². The van der Waals surface area contributed by atoms with E-state index in [9.17, 15) is 4.79 Å². The fourth-order valence-electron chi connectivity index (χ4n) is 5.12. The first kappa shape index (κ1) is 30.8. The zero-order valence-electron chi connectivity index (χ0n) is 25.2. The molecule has 0 bridgehead atoms. The summed E-state index contributed by atoms with van der Waals surface area (Å²) in [6.45, 7) is 10.2. The van der Waals surface area contributed by atoms with E-state index < -0.39 is 0 Å². The third-order valence-corrected chi connectivity index (χ3v) is 7.27. The Hall–Kier alpha value is -4.17. The van der Waals surface area contributed by atoms with Gasteiger partial charge in [0.15, 0.2) is 0 Å². The molecule has 7 nitrogen and oxygen atoms in total. The van der Waals surface area contributed by atoms with Crippen LogP contribution in [0.25, 0.3) is 23.3 Å². The standard InChI is InChI=1S/C34H40N6OS/c1-6-13-40(14-7-2)34(41)30-18-28-10-8-26(19-31(28)38-32(35)20-30)25-9-11-29(22-42)27(17-25)12-15-39(5)21-33-36-23(3)16-24(4)37-33/h8-12,15-19,22H,6-7,13-14,20-21H2,1-5H3,(H2,35,38)/b15-12-. The Morgan fingerprint density at radius 1 is 0.976 bits per heavy atom. The summed E-state index contributed by atoms with van der Waals surface area (Å²) in [4.78, 5) is 31.1. The van der Waals surface area contributed by atoms with Crippen LogP contribution in [-0.2, 0) is 11.3 Å². The molecule has 2 aromatic carbocycles. The molecule has 1 amide bonds. The summed E-state index contributed by atoms with van der Waals surface area (Å²) in [5, 5.41) is 1.70. The van der Waals surface area contributed by atoms with Crippen molar-refractivity contribution in [3.05, 3.63) is 88.1 Å². The van der Waals surface area contributed by atoms with Gasteiger partial charge in [0.2, 0.25) is 5.91 Å². The Morgan fingerprint density at radius 3 is 2.31 bits per heavy atom. The number of benzene rings is 2. The number of amides is 1. The van der Waals surface area contributed by atoms with E-state index in [2.05, 4.69) is 53.0 Å². The second kappa shape index (κ2) is 14.1. The molecule has 0 aliphatic carbocycles. The van der Waals surface area contributed by atoms with Crippen molar-refractivity contribution < 1.29 is 4.79 Å². The van der Waals surface area contributed by atoms with Crippen LogP contribution in [-0.4, -0.2) is 57.0 Å². The number of nitrogens with two attached hydrogens (primary N) is 1. The maximum Gasteiger partial charge on any atom is 0.250 e. The Balaban J connectivity index is 1.61. The monoisotopic (exact) mass is 580 g/mol. The maximum absolute atomic E-state index is 13.3. The Kier molecular flexibility index (Phi) is 10.4. The molecule has 0 radical (unpaired) electrons. The van der Waals surface area contributed by atoms with Gasteiger partial charge in [-0.2, -0.15) is 0 Å². The van der Waals surface area contributed by atoms with Crippen LogP contribution in [0.3, 0.4) is 0 Å². The number of carbonyl (C=O) groups excluding carboxylic acids is 1. The van der Waals surface area contributed by atoms with E-state index in [0.29, 0.717) is 24.4 Å². The number of thiocarbonyl (C=S) groups is 1. The molecule has 4 rings (SSSR count). The van der Waals surface area contributed by atoms with Crippen LogP contribution in [0.1, 0.15) is 67.0 Å². The third kappa shape index (κ3) is 7.76. The van der Waals surface area contributed by atoms with Crippen molar-refractivity contribution in [2.24, 2.45) is 10.7 Å². The lowest BCUT2D eigenvalue weighted by atomic mass is 9.97. The molecule has 1 aromatic heterocycles. The summed E-state index contributed by atoms with van der Waals surface area (Å²) in [6.07, 6.45) is 8.20. The number of hydrogen-bond acceptors (Lipinski definition) is 7. The molecule has 1 aliphatic rings. The molecule has 0 spiro atoms. The number of rotatable bonds is 11. The summed E-state index contributed by atoms with van der Waals surface area (Å²) in [5.41, 5.74) is 14.6. The van der Waals surface area contributed by atoms with Crippen molar-refractivity contribution in [3.63, 3.8) is 0 Å². The second-order valence-electron chi connectivity index (χ2n) is 10.8. The highest BCUT2D eigenvalue weighted by molar-refractivity contribution is 7.79. The van der Waals surface area contributed by atoms with Crippen LogP contribution in [0.5, 0.6) is 0 Å². The summed E-state index contributed by atoms with van der Waals surface area (Å²) >= 11 is 5.31. The predicted octanol–water partition coefficient (Wildman–Crippen LogP) is 6.64. The minimum atomic E-state index is 0.0371. The van der Waals surface area contributed by atoms with Gasteiger partial charge in [-0.25, -0.2) is 15.0 Å². The van der Waals surface area contributed by atoms with Crippen LogP contribution in [0.2, 0.25) is 0 Å². The molecule has 0 atom stereocenters. The Labute approximate surface area is 254 Å². The van der Waals surface area contributed by atoms with Crippen molar-refractivity contribution in [2.45, 2.75) is 53.5 Å². The van der Waals surface area contributed by atoms with E-state index in [1.807, 2.05) is 62.3 Å². The van der Waals surface area contributed by atoms with Gasteiger partial charge in [-0.15, -0.1) is 0 Å². The van der Waals surface area contributed by atoms with Gasteiger partial charge in [0.05, 0.1) is 12.2 Å². The SMILES string of the molecule is CCCN(CCC)C(=O)C1=Cc2ccc(-c3ccc(C=S)c(/C=C\N(C)Cc4nc(C)cc(C)n4)c3)cc2N=C(N)C1. The first-order chi connectivity index (χ1) is 20.2. The lowest BCUT2D eigenvalue weighted by Gasteiger charge is -2.22. The number of fused-ring (bicyclic) bond motifs is 1. The number of carbonyl (C=O) groups is 1. The van der Waals surface area contributed by atoms with Gasteiger partial charge in [-0.1, -0.05) is 50.3 Å². The summed E-state index contributed by atoms with van der Waals surface area (Å²) in [6, 6.07) is 14.3. The van der Waals surface area contributed by atoms with Crippen molar-refractivity contribution >= 4 is 47.2 Å². The molecule has 2 heterocycles. The van der Waals surface area contributed by atoms with Crippen LogP contribution in [0, 0.1) is 13.8 Å². The van der Waals surface area contributed by atoms with Crippen LogP contribution in [0.15, 0.2) is 59.2 Å². The molecule has 3 aromatic rings. The van der Waals surface area contributed by atoms with Crippen molar-refractivity contribution in [1.29, 1.82) is 0 Å². The van der Waals surface area contributed by atoms with Crippen LogP contribution < -0.4 is 5.73 Å². The summed E-state index contributed by atoms with van der Waals surface area (Å²) in [5.74, 6) is 1.26. The lowest BCUT2D eigenvalue weighted by Crippen LogP contribution is -2.34. The molecule has 0 fully saturated rings. The van der Waals surface area contributed by atoms with E-state index in [0.717, 1.165) is 76.6 Å². The quantitative estimate of drug-likeness (QED) is 0.256. The van der Waals surface area contributed by atoms with Gasteiger partial charge < -0.3 is 15.5 Å². The number of aryl methyl sites for hydroxylation is 2. The molecule has 218 valence electrons. The van der Waals surface area contributed by atoms with Crippen molar-refractivity contribution in [3.8, 4) is 11.1 Å². The molecule has 0 unspecified atom stereocenters. The number of hydrogen-bond donors (Lipinski definition) is 1.